The fraction of sp³-hybridized carbons (Fsp3) is 0.167. The first-order chi connectivity index (χ1) is 12.6. The van der Waals surface area contributed by atoms with Crippen molar-refractivity contribution in [2.24, 2.45) is 0 Å². The number of hydrogen-bond acceptors (Lipinski definition) is 3. The van der Waals surface area contributed by atoms with Crippen LogP contribution in [0.3, 0.4) is 0 Å². The highest BCUT2D eigenvalue weighted by molar-refractivity contribution is 5.91. The lowest BCUT2D eigenvalue weighted by Gasteiger charge is -2.11. The summed E-state index contributed by atoms with van der Waals surface area (Å²) < 4.78 is 39.4. The van der Waals surface area contributed by atoms with Crippen LogP contribution in [0.5, 0.6) is 0 Å². The van der Waals surface area contributed by atoms with Gasteiger partial charge in [0.15, 0.2) is 0 Å². The van der Waals surface area contributed by atoms with Crippen LogP contribution in [-0.4, -0.2) is 15.5 Å². The van der Waals surface area contributed by atoms with E-state index in [1.54, 1.807) is 0 Å². The summed E-state index contributed by atoms with van der Waals surface area (Å²) >= 11 is 0. The van der Waals surface area contributed by atoms with Crippen molar-refractivity contribution in [1.82, 2.24) is 9.55 Å². The van der Waals surface area contributed by atoms with E-state index in [-0.39, 0.29) is 28.9 Å². The third-order valence-electron chi connectivity index (χ3n) is 3.90. The molecular weight excluding hydrogens is 363 g/mol. The van der Waals surface area contributed by atoms with Crippen LogP contribution in [0.25, 0.3) is 10.9 Å². The number of aromatic amines is 1. The Morgan fingerprint density at radius 1 is 1.15 bits per heavy atom. The molecule has 0 saturated heterocycles. The normalized spacial score (nSPS) is 11.6. The molecule has 6 nitrogen and oxygen atoms in total. The minimum Gasteiger partial charge on any atom is -0.326 e. The summed E-state index contributed by atoms with van der Waals surface area (Å²) in [4.78, 5) is 38.6. The van der Waals surface area contributed by atoms with Gasteiger partial charge >= 0.3 is 11.9 Å². The number of halogens is 3. The van der Waals surface area contributed by atoms with Crippen molar-refractivity contribution < 1.29 is 18.0 Å². The summed E-state index contributed by atoms with van der Waals surface area (Å²) in [5, 5.41) is 2.66. The summed E-state index contributed by atoms with van der Waals surface area (Å²) in [6, 6.07) is 8.82. The van der Waals surface area contributed by atoms with Gasteiger partial charge < -0.3 is 10.3 Å². The fourth-order valence-electron chi connectivity index (χ4n) is 2.70. The average molecular weight is 377 g/mol. The Morgan fingerprint density at radius 2 is 1.89 bits per heavy atom. The van der Waals surface area contributed by atoms with Crippen molar-refractivity contribution in [3.8, 4) is 0 Å². The number of H-pyrrole nitrogens is 1. The molecule has 1 heterocycles. The van der Waals surface area contributed by atoms with Crippen LogP contribution >= 0.6 is 0 Å². The number of rotatable bonds is 3. The molecule has 0 spiro atoms. The van der Waals surface area contributed by atoms with Crippen LogP contribution in [0.4, 0.5) is 18.9 Å². The molecule has 0 saturated carbocycles. The van der Waals surface area contributed by atoms with Crippen molar-refractivity contribution in [2.45, 2.75) is 19.6 Å². The molecule has 0 fully saturated rings. The molecule has 27 heavy (non-hydrogen) atoms. The zero-order chi connectivity index (χ0) is 19.8. The number of nitrogens with zero attached hydrogens (tertiary/aromatic N) is 1. The van der Waals surface area contributed by atoms with Crippen LogP contribution < -0.4 is 16.6 Å². The van der Waals surface area contributed by atoms with E-state index in [1.807, 2.05) is 0 Å². The first-order valence-electron chi connectivity index (χ1n) is 7.86. The SMILES string of the molecule is CC(=O)Nc1ccc2[nH]c(=O)n(Cc3cccc(C(F)(F)F)c3)c(=O)c2c1. The Balaban J connectivity index is 2.08. The van der Waals surface area contributed by atoms with Gasteiger partial charge in [0.1, 0.15) is 0 Å². The molecule has 1 aromatic heterocycles. The number of benzene rings is 2. The van der Waals surface area contributed by atoms with E-state index in [0.717, 1.165) is 16.7 Å². The predicted octanol–water partition coefficient (Wildman–Crippen LogP) is 2.72. The summed E-state index contributed by atoms with van der Waals surface area (Å²) in [6.45, 7) is 0.987. The molecule has 2 N–H and O–H groups in total. The Morgan fingerprint density at radius 3 is 2.56 bits per heavy atom. The molecule has 0 bridgehead atoms. The van der Waals surface area contributed by atoms with E-state index in [2.05, 4.69) is 10.3 Å². The van der Waals surface area contributed by atoms with Crippen LogP contribution in [0.2, 0.25) is 0 Å². The second-order valence-corrected chi connectivity index (χ2v) is 5.96. The lowest BCUT2D eigenvalue weighted by molar-refractivity contribution is -0.137. The Kier molecular flexibility index (Phi) is 4.61. The Hall–Kier alpha value is -3.36. The lowest BCUT2D eigenvalue weighted by Crippen LogP contribution is -2.35. The third kappa shape index (κ3) is 3.91. The quantitative estimate of drug-likeness (QED) is 0.736. The number of carbonyl (C=O) groups is 1. The molecule has 9 heteroatoms. The van der Waals surface area contributed by atoms with E-state index < -0.39 is 23.0 Å². The van der Waals surface area contributed by atoms with Crippen molar-refractivity contribution in [3.05, 3.63) is 74.4 Å². The van der Waals surface area contributed by atoms with E-state index in [0.29, 0.717) is 5.69 Å². The van der Waals surface area contributed by atoms with Gasteiger partial charge in [-0.25, -0.2) is 4.79 Å². The van der Waals surface area contributed by atoms with Gasteiger partial charge in [0, 0.05) is 12.6 Å². The number of carbonyl (C=O) groups excluding carboxylic acids is 1. The summed E-state index contributed by atoms with van der Waals surface area (Å²) in [6.07, 6.45) is -4.52. The summed E-state index contributed by atoms with van der Waals surface area (Å²) in [7, 11) is 0. The molecule has 0 aliphatic heterocycles. The minimum atomic E-state index is -4.52. The first-order valence-corrected chi connectivity index (χ1v) is 7.86. The van der Waals surface area contributed by atoms with E-state index in [4.69, 9.17) is 0 Å². The fourth-order valence-corrected chi connectivity index (χ4v) is 2.70. The van der Waals surface area contributed by atoms with Gasteiger partial charge in [0.2, 0.25) is 5.91 Å². The Labute approximate surface area is 150 Å². The summed E-state index contributed by atoms with van der Waals surface area (Å²) in [5.74, 6) is -0.330. The number of anilines is 1. The molecule has 0 atom stereocenters. The second-order valence-electron chi connectivity index (χ2n) is 5.96. The van der Waals surface area contributed by atoms with Gasteiger partial charge in [-0.1, -0.05) is 12.1 Å². The maximum atomic E-state index is 12.9. The van der Waals surface area contributed by atoms with Crippen molar-refractivity contribution in [1.29, 1.82) is 0 Å². The number of aromatic nitrogens is 2. The summed E-state index contributed by atoms with van der Waals surface area (Å²) in [5.41, 5.74) is -1.48. The maximum absolute atomic E-state index is 12.9. The molecular formula is C18H14F3N3O3. The molecule has 0 aliphatic rings. The van der Waals surface area contributed by atoms with Crippen LogP contribution in [-0.2, 0) is 17.5 Å². The lowest BCUT2D eigenvalue weighted by atomic mass is 10.1. The maximum Gasteiger partial charge on any atom is 0.416 e. The standard InChI is InChI=1S/C18H14F3N3O3/c1-10(25)22-13-5-6-15-14(8-13)16(26)24(17(27)23-15)9-11-3-2-4-12(7-11)18(19,20)21/h2-8H,9H2,1H3,(H,22,25)(H,23,27). The van der Waals surface area contributed by atoms with Crippen LogP contribution in [0, 0.1) is 0 Å². The van der Waals surface area contributed by atoms with Crippen molar-refractivity contribution in [2.75, 3.05) is 5.32 Å². The van der Waals surface area contributed by atoms with Crippen LogP contribution in [0.15, 0.2) is 52.1 Å². The monoisotopic (exact) mass is 377 g/mol. The Bertz CT molecular complexity index is 1150. The van der Waals surface area contributed by atoms with Gasteiger partial charge in [-0.2, -0.15) is 13.2 Å². The number of alkyl halides is 3. The zero-order valence-electron chi connectivity index (χ0n) is 14.1. The second kappa shape index (κ2) is 6.75. The van der Waals surface area contributed by atoms with Crippen molar-refractivity contribution in [3.63, 3.8) is 0 Å². The topological polar surface area (TPSA) is 84.0 Å². The van der Waals surface area contributed by atoms with Gasteiger partial charge in [-0.3, -0.25) is 14.2 Å². The first kappa shape index (κ1) is 18.4. The number of amides is 1. The van der Waals surface area contributed by atoms with Crippen LogP contribution in [0.1, 0.15) is 18.1 Å². The molecule has 2 aromatic carbocycles. The van der Waals surface area contributed by atoms with Gasteiger partial charge in [0.05, 0.1) is 23.0 Å². The number of hydrogen-bond donors (Lipinski definition) is 2. The van der Waals surface area contributed by atoms with E-state index in [1.165, 1.54) is 37.3 Å². The smallest absolute Gasteiger partial charge is 0.326 e. The third-order valence-corrected chi connectivity index (χ3v) is 3.90. The minimum absolute atomic E-state index is 0.132. The van der Waals surface area contributed by atoms with E-state index >= 15 is 0 Å². The molecule has 0 unspecified atom stereocenters. The highest BCUT2D eigenvalue weighted by Crippen LogP contribution is 2.29. The largest absolute Gasteiger partial charge is 0.416 e. The zero-order valence-corrected chi connectivity index (χ0v) is 14.1. The number of nitrogens with one attached hydrogen (secondary N) is 2. The molecule has 140 valence electrons. The van der Waals surface area contributed by atoms with Gasteiger partial charge in [-0.15, -0.1) is 0 Å². The van der Waals surface area contributed by atoms with Gasteiger partial charge in [0.25, 0.3) is 5.56 Å². The van der Waals surface area contributed by atoms with Gasteiger partial charge in [-0.05, 0) is 35.9 Å². The molecule has 0 aliphatic carbocycles. The highest BCUT2D eigenvalue weighted by Gasteiger charge is 2.30. The molecule has 1 amide bonds. The average Bonchev–Trinajstić information content (AvgIpc) is 2.58. The molecule has 0 radical (unpaired) electrons. The number of fused-ring (bicyclic) bond motifs is 1. The van der Waals surface area contributed by atoms with E-state index in [9.17, 15) is 27.6 Å². The highest BCUT2D eigenvalue weighted by atomic mass is 19.4. The molecule has 3 rings (SSSR count). The predicted molar refractivity (Wildman–Crippen MR) is 93.7 cm³/mol. The molecule has 3 aromatic rings. The van der Waals surface area contributed by atoms with Crippen molar-refractivity contribution >= 4 is 22.5 Å².